The Morgan fingerprint density at radius 2 is 2.14 bits per heavy atom. The van der Waals surface area contributed by atoms with Crippen LogP contribution in [0.25, 0.3) is 0 Å². The van der Waals surface area contributed by atoms with Gasteiger partial charge in [-0.1, -0.05) is 13.8 Å². The number of carbonyl (C=O) groups is 2. The van der Waals surface area contributed by atoms with Gasteiger partial charge in [0, 0.05) is 0 Å². The standard InChI is InChI=1S/C15H22N2O3S/c1-4-20-15(19)11-10(9-5-6-9)7-21-14(11)17-13(18)12(16)8(2)3/h7-9,12H,4-6,16H2,1-3H3,(H,17,18)/t12-/m1/s1. The molecule has 3 N–H and O–H groups in total. The summed E-state index contributed by atoms with van der Waals surface area (Å²) in [6.45, 7) is 5.87. The summed E-state index contributed by atoms with van der Waals surface area (Å²) in [5.41, 5.74) is 7.35. The van der Waals surface area contributed by atoms with Crippen LogP contribution in [0.1, 0.15) is 55.5 Å². The van der Waals surface area contributed by atoms with E-state index in [1.54, 1.807) is 6.92 Å². The van der Waals surface area contributed by atoms with Crippen molar-refractivity contribution < 1.29 is 14.3 Å². The van der Waals surface area contributed by atoms with Crippen molar-refractivity contribution >= 4 is 28.2 Å². The van der Waals surface area contributed by atoms with Crippen LogP contribution in [0.5, 0.6) is 0 Å². The van der Waals surface area contributed by atoms with E-state index in [2.05, 4.69) is 5.32 Å². The normalized spacial score (nSPS) is 15.9. The fourth-order valence-electron chi connectivity index (χ4n) is 2.07. The van der Waals surface area contributed by atoms with Crippen molar-refractivity contribution in [2.75, 3.05) is 11.9 Å². The molecule has 1 aromatic rings. The Kier molecular flexibility index (Phi) is 5.00. The maximum absolute atomic E-state index is 12.2. The maximum atomic E-state index is 12.2. The van der Waals surface area contributed by atoms with Gasteiger partial charge in [0.1, 0.15) is 5.00 Å². The van der Waals surface area contributed by atoms with Gasteiger partial charge in [0.25, 0.3) is 0 Å². The van der Waals surface area contributed by atoms with Crippen LogP contribution in [-0.2, 0) is 9.53 Å². The number of hydrogen-bond donors (Lipinski definition) is 2. The van der Waals surface area contributed by atoms with Crippen LogP contribution >= 0.6 is 11.3 Å². The summed E-state index contributed by atoms with van der Waals surface area (Å²) >= 11 is 1.37. The van der Waals surface area contributed by atoms with E-state index in [4.69, 9.17) is 10.5 Å². The molecule has 2 rings (SSSR count). The Hall–Kier alpha value is -1.40. The van der Waals surface area contributed by atoms with E-state index in [-0.39, 0.29) is 17.8 Å². The van der Waals surface area contributed by atoms with Gasteiger partial charge in [0.2, 0.25) is 5.91 Å². The SMILES string of the molecule is CCOC(=O)c1c(C2CC2)csc1NC(=O)[C@H](N)C(C)C. The maximum Gasteiger partial charge on any atom is 0.341 e. The second-order valence-electron chi connectivity index (χ2n) is 5.65. The quantitative estimate of drug-likeness (QED) is 0.792. The number of esters is 1. The third kappa shape index (κ3) is 3.63. The molecule has 1 amide bonds. The van der Waals surface area contributed by atoms with Crippen molar-refractivity contribution in [2.45, 2.75) is 45.6 Å². The fraction of sp³-hybridized carbons (Fsp3) is 0.600. The van der Waals surface area contributed by atoms with Crippen molar-refractivity contribution in [3.8, 4) is 0 Å². The van der Waals surface area contributed by atoms with Gasteiger partial charge in [-0.2, -0.15) is 0 Å². The summed E-state index contributed by atoms with van der Waals surface area (Å²) in [5.74, 6) is -0.169. The van der Waals surface area contributed by atoms with Crippen molar-refractivity contribution in [1.29, 1.82) is 0 Å². The van der Waals surface area contributed by atoms with Gasteiger partial charge in [-0.3, -0.25) is 4.79 Å². The van der Waals surface area contributed by atoms with Crippen LogP contribution in [-0.4, -0.2) is 24.5 Å². The molecule has 1 aliphatic carbocycles. The summed E-state index contributed by atoms with van der Waals surface area (Å²) in [7, 11) is 0. The monoisotopic (exact) mass is 310 g/mol. The molecular formula is C15H22N2O3S. The Morgan fingerprint density at radius 1 is 1.48 bits per heavy atom. The van der Waals surface area contributed by atoms with Crippen molar-refractivity contribution in [2.24, 2.45) is 11.7 Å². The predicted molar refractivity (Wildman–Crippen MR) is 83.7 cm³/mol. The number of carbonyl (C=O) groups excluding carboxylic acids is 2. The minimum atomic E-state index is -0.591. The van der Waals surface area contributed by atoms with Crippen LogP contribution in [0.2, 0.25) is 0 Å². The van der Waals surface area contributed by atoms with Gasteiger partial charge in [0.05, 0.1) is 18.2 Å². The third-order valence-electron chi connectivity index (χ3n) is 3.57. The van der Waals surface area contributed by atoms with Crippen LogP contribution < -0.4 is 11.1 Å². The second kappa shape index (κ2) is 6.58. The average molecular weight is 310 g/mol. The average Bonchev–Trinajstić information content (AvgIpc) is 3.19. The van der Waals surface area contributed by atoms with Gasteiger partial charge in [-0.05, 0) is 42.5 Å². The zero-order valence-electron chi connectivity index (χ0n) is 12.6. The predicted octanol–water partition coefficient (Wildman–Crippen LogP) is 2.72. The Labute approximate surface area is 128 Å². The highest BCUT2D eigenvalue weighted by Crippen LogP contribution is 2.46. The summed E-state index contributed by atoms with van der Waals surface area (Å²) in [5, 5.41) is 5.28. The third-order valence-corrected chi connectivity index (χ3v) is 4.49. The number of nitrogens with two attached hydrogens (primary N) is 1. The molecule has 1 aromatic heterocycles. The zero-order valence-corrected chi connectivity index (χ0v) is 13.5. The molecule has 0 aliphatic heterocycles. The van der Waals surface area contributed by atoms with E-state index >= 15 is 0 Å². The number of thiophene rings is 1. The molecule has 21 heavy (non-hydrogen) atoms. The number of nitrogens with one attached hydrogen (secondary N) is 1. The number of hydrogen-bond acceptors (Lipinski definition) is 5. The zero-order chi connectivity index (χ0) is 15.6. The number of ether oxygens (including phenoxy) is 1. The van der Waals surface area contributed by atoms with Crippen molar-refractivity contribution in [3.63, 3.8) is 0 Å². The highest BCUT2D eigenvalue weighted by Gasteiger charge is 2.32. The lowest BCUT2D eigenvalue weighted by Gasteiger charge is -2.15. The van der Waals surface area contributed by atoms with E-state index in [1.807, 2.05) is 19.2 Å². The molecule has 0 saturated heterocycles. The van der Waals surface area contributed by atoms with E-state index < -0.39 is 6.04 Å². The minimum absolute atomic E-state index is 0.0407. The summed E-state index contributed by atoms with van der Waals surface area (Å²) < 4.78 is 5.12. The molecule has 1 atom stereocenters. The molecule has 1 fully saturated rings. The van der Waals surface area contributed by atoms with Gasteiger partial charge in [-0.15, -0.1) is 11.3 Å². The molecule has 1 aliphatic rings. The van der Waals surface area contributed by atoms with Gasteiger partial charge >= 0.3 is 5.97 Å². The van der Waals surface area contributed by atoms with Gasteiger partial charge in [0.15, 0.2) is 0 Å². The summed E-state index contributed by atoms with van der Waals surface area (Å²) in [6.07, 6.45) is 2.17. The molecule has 5 nitrogen and oxygen atoms in total. The van der Waals surface area contributed by atoms with Gasteiger partial charge < -0.3 is 15.8 Å². The first-order chi connectivity index (χ1) is 9.95. The Balaban J connectivity index is 2.22. The largest absolute Gasteiger partial charge is 0.462 e. The van der Waals surface area contributed by atoms with Crippen LogP contribution in [0, 0.1) is 5.92 Å². The molecule has 0 aromatic carbocycles. The first-order valence-electron chi connectivity index (χ1n) is 7.30. The van der Waals surface area contributed by atoms with E-state index in [0.29, 0.717) is 23.1 Å². The molecule has 6 heteroatoms. The highest BCUT2D eigenvalue weighted by atomic mass is 32.1. The Morgan fingerprint density at radius 3 is 2.67 bits per heavy atom. The first kappa shape index (κ1) is 16.0. The Bertz CT molecular complexity index is 535. The number of rotatable bonds is 6. The lowest BCUT2D eigenvalue weighted by atomic mass is 10.0. The molecule has 1 heterocycles. The highest BCUT2D eigenvalue weighted by molar-refractivity contribution is 7.15. The summed E-state index contributed by atoms with van der Waals surface area (Å²) in [6, 6.07) is -0.591. The molecule has 0 radical (unpaired) electrons. The van der Waals surface area contributed by atoms with Crippen molar-refractivity contribution in [3.05, 3.63) is 16.5 Å². The lowest BCUT2D eigenvalue weighted by molar-refractivity contribution is -0.118. The molecule has 0 bridgehead atoms. The topological polar surface area (TPSA) is 81.4 Å². The van der Waals surface area contributed by atoms with Crippen LogP contribution in [0.3, 0.4) is 0 Å². The smallest absolute Gasteiger partial charge is 0.341 e. The number of amides is 1. The van der Waals surface area contributed by atoms with Crippen LogP contribution in [0.15, 0.2) is 5.38 Å². The van der Waals surface area contributed by atoms with Crippen LogP contribution in [0.4, 0.5) is 5.00 Å². The van der Waals surface area contributed by atoms with Crippen molar-refractivity contribution in [1.82, 2.24) is 0 Å². The first-order valence-corrected chi connectivity index (χ1v) is 8.18. The van der Waals surface area contributed by atoms with E-state index in [9.17, 15) is 9.59 Å². The fourth-order valence-corrected chi connectivity index (χ4v) is 3.10. The molecule has 116 valence electrons. The van der Waals surface area contributed by atoms with E-state index in [1.165, 1.54) is 11.3 Å². The summed E-state index contributed by atoms with van der Waals surface area (Å²) in [4.78, 5) is 24.3. The molecule has 1 saturated carbocycles. The lowest BCUT2D eigenvalue weighted by Crippen LogP contribution is -2.39. The minimum Gasteiger partial charge on any atom is -0.462 e. The number of anilines is 1. The molecule has 0 unspecified atom stereocenters. The molecule has 0 spiro atoms. The van der Waals surface area contributed by atoms with Gasteiger partial charge in [-0.25, -0.2) is 4.79 Å². The second-order valence-corrected chi connectivity index (χ2v) is 6.53. The van der Waals surface area contributed by atoms with E-state index in [0.717, 1.165) is 18.4 Å². The molecular weight excluding hydrogens is 288 g/mol.